The summed E-state index contributed by atoms with van der Waals surface area (Å²) < 4.78 is 17.2. The van der Waals surface area contributed by atoms with Crippen LogP contribution in [0.1, 0.15) is 0 Å². The minimum Gasteiger partial charge on any atom is -0.493 e. The summed E-state index contributed by atoms with van der Waals surface area (Å²) in [6.07, 6.45) is 0. The summed E-state index contributed by atoms with van der Waals surface area (Å²) in [4.78, 5) is 4.68. The topological polar surface area (TPSA) is 40.6 Å². The molecule has 0 saturated carbocycles. The molecule has 4 nitrogen and oxygen atoms in total. The molecule has 3 aromatic rings. The van der Waals surface area contributed by atoms with Crippen LogP contribution in [0, 0.1) is 0 Å². The number of rotatable bonds is 4. The summed E-state index contributed by atoms with van der Waals surface area (Å²) >= 11 is 1.58. The molecular formula is C16H15NO3S. The van der Waals surface area contributed by atoms with E-state index in [-0.39, 0.29) is 0 Å². The summed E-state index contributed by atoms with van der Waals surface area (Å²) in [5.74, 6) is 1.87. The first kappa shape index (κ1) is 13.7. The third-order valence-corrected chi connectivity index (χ3v) is 4.33. The maximum absolute atomic E-state index is 5.51. The van der Waals surface area contributed by atoms with E-state index in [1.807, 2.05) is 36.4 Å². The third kappa shape index (κ3) is 2.29. The summed E-state index contributed by atoms with van der Waals surface area (Å²) in [5, 5.41) is 0.944. The molecule has 1 aromatic heterocycles. The first-order valence-electron chi connectivity index (χ1n) is 6.43. The lowest BCUT2D eigenvalue weighted by atomic mass is 10.2. The van der Waals surface area contributed by atoms with Crippen LogP contribution in [0.3, 0.4) is 0 Å². The number of nitrogens with zero attached hydrogens (tertiary/aromatic N) is 1. The van der Waals surface area contributed by atoms with Gasteiger partial charge in [-0.05, 0) is 0 Å². The van der Waals surface area contributed by atoms with Gasteiger partial charge in [-0.1, -0.05) is 30.3 Å². The van der Waals surface area contributed by atoms with Gasteiger partial charge < -0.3 is 14.2 Å². The molecule has 0 unspecified atom stereocenters. The summed E-state index contributed by atoms with van der Waals surface area (Å²) in [5.41, 5.74) is 1.92. The van der Waals surface area contributed by atoms with Gasteiger partial charge in [0.05, 0.1) is 26.8 Å². The Morgan fingerprint density at radius 2 is 1.62 bits per heavy atom. The average Bonchev–Trinajstić information content (AvgIpc) is 2.97. The van der Waals surface area contributed by atoms with Crippen molar-refractivity contribution in [2.75, 3.05) is 21.3 Å². The Morgan fingerprint density at radius 3 is 2.24 bits per heavy atom. The Kier molecular flexibility index (Phi) is 3.66. The molecular weight excluding hydrogens is 286 g/mol. The SMILES string of the molecule is COc1cc2nc(-c3ccccc3)sc2c(OC)c1OC. The molecule has 0 radical (unpaired) electrons. The predicted molar refractivity (Wildman–Crippen MR) is 84.7 cm³/mol. The number of methoxy groups -OCH3 is 3. The maximum Gasteiger partial charge on any atom is 0.204 e. The van der Waals surface area contributed by atoms with Gasteiger partial charge in [-0.15, -0.1) is 11.3 Å². The lowest BCUT2D eigenvalue weighted by molar-refractivity contribution is 0.327. The molecule has 0 N–H and O–H groups in total. The van der Waals surface area contributed by atoms with E-state index >= 15 is 0 Å². The largest absolute Gasteiger partial charge is 0.493 e. The van der Waals surface area contributed by atoms with Gasteiger partial charge in [0.2, 0.25) is 5.75 Å². The van der Waals surface area contributed by atoms with Gasteiger partial charge >= 0.3 is 0 Å². The van der Waals surface area contributed by atoms with E-state index in [4.69, 9.17) is 14.2 Å². The second-order valence-corrected chi connectivity index (χ2v) is 5.38. The molecule has 2 aromatic carbocycles. The van der Waals surface area contributed by atoms with Crippen molar-refractivity contribution in [1.82, 2.24) is 4.98 Å². The number of ether oxygens (including phenoxy) is 3. The van der Waals surface area contributed by atoms with E-state index in [9.17, 15) is 0 Å². The van der Waals surface area contributed by atoms with Gasteiger partial charge in [0.15, 0.2) is 11.5 Å². The molecule has 0 aliphatic carbocycles. The zero-order chi connectivity index (χ0) is 14.8. The van der Waals surface area contributed by atoms with E-state index in [0.29, 0.717) is 17.2 Å². The molecule has 21 heavy (non-hydrogen) atoms. The molecule has 0 saturated heterocycles. The molecule has 1 heterocycles. The Bertz CT molecular complexity index is 768. The lowest BCUT2D eigenvalue weighted by Gasteiger charge is -2.11. The Labute approximate surface area is 126 Å². The zero-order valence-electron chi connectivity index (χ0n) is 12.0. The first-order valence-corrected chi connectivity index (χ1v) is 7.25. The van der Waals surface area contributed by atoms with Crippen molar-refractivity contribution in [2.45, 2.75) is 0 Å². The van der Waals surface area contributed by atoms with Crippen molar-refractivity contribution in [1.29, 1.82) is 0 Å². The van der Waals surface area contributed by atoms with Crippen molar-refractivity contribution in [3.8, 4) is 27.8 Å². The van der Waals surface area contributed by atoms with Crippen LogP contribution in [-0.4, -0.2) is 26.3 Å². The van der Waals surface area contributed by atoms with Crippen molar-refractivity contribution >= 4 is 21.6 Å². The van der Waals surface area contributed by atoms with Crippen LogP contribution in [-0.2, 0) is 0 Å². The molecule has 0 aliphatic heterocycles. The smallest absolute Gasteiger partial charge is 0.204 e. The van der Waals surface area contributed by atoms with Crippen LogP contribution in [0.2, 0.25) is 0 Å². The fourth-order valence-electron chi connectivity index (χ4n) is 2.23. The van der Waals surface area contributed by atoms with Crippen molar-refractivity contribution in [2.24, 2.45) is 0 Å². The van der Waals surface area contributed by atoms with Crippen molar-refractivity contribution in [3.05, 3.63) is 36.4 Å². The van der Waals surface area contributed by atoms with Crippen LogP contribution in [0.5, 0.6) is 17.2 Å². The fraction of sp³-hybridized carbons (Fsp3) is 0.188. The van der Waals surface area contributed by atoms with E-state index < -0.39 is 0 Å². The van der Waals surface area contributed by atoms with Crippen LogP contribution in [0.15, 0.2) is 36.4 Å². The number of hydrogen-bond donors (Lipinski definition) is 0. The molecule has 0 spiro atoms. The first-order chi connectivity index (χ1) is 10.3. The fourth-order valence-corrected chi connectivity index (χ4v) is 3.30. The second-order valence-electron chi connectivity index (χ2n) is 4.38. The monoisotopic (exact) mass is 301 g/mol. The highest BCUT2D eigenvalue weighted by Crippen LogP contribution is 2.46. The molecule has 0 aliphatic rings. The van der Waals surface area contributed by atoms with Gasteiger partial charge in [0, 0.05) is 11.6 Å². The van der Waals surface area contributed by atoms with Gasteiger partial charge in [0.25, 0.3) is 0 Å². The number of fused-ring (bicyclic) bond motifs is 1. The highest BCUT2D eigenvalue weighted by Gasteiger charge is 2.19. The minimum atomic E-state index is 0.593. The van der Waals surface area contributed by atoms with E-state index in [1.54, 1.807) is 32.7 Å². The number of aromatic nitrogens is 1. The van der Waals surface area contributed by atoms with Gasteiger partial charge in [0.1, 0.15) is 9.71 Å². The molecule has 0 fully saturated rings. The van der Waals surface area contributed by atoms with Gasteiger partial charge in [-0.3, -0.25) is 0 Å². The van der Waals surface area contributed by atoms with Crippen LogP contribution >= 0.6 is 11.3 Å². The zero-order valence-corrected chi connectivity index (χ0v) is 12.9. The molecule has 0 atom stereocenters. The summed E-state index contributed by atoms with van der Waals surface area (Å²) in [7, 11) is 4.83. The number of hydrogen-bond acceptors (Lipinski definition) is 5. The normalized spacial score (nSPS) is 10.6. The average molecular weight is 301 g/mol. The Balaban J connectivity index is 2.26. The molecule has 3 rings (SSSR count). The van der Waals surface area contributed by atoms with Gasteiger partial charge in [-0.2, -0.15) is 0 Å². The van der Waals surface area contributed by atoms with E-state index in [0.717, 1.165) is 20.8 Å². The highest BCUT2D eigenvalue weighted by atomic mass is 32.1. The van der Waals surface area contributed by atoms with Crippen LogP contribution < -0.4 is 14.2 Å². The Hall–Kier alpha value is -2.27. The van der Waals surface area contributed by atoms with Crippen molar-refractivity contribution in [3.63, 3.8) is 0 Å². The molecule has 5 heteroatoms. The summed E-state index contributed by atoms with van der Waals surface area (Å²) in [6.45, 7) is 0. The quantitative estimate of drug-likeness (QED) is 0.730. The second kappa shape index (κ2) is 5.61. The van der Waals surface area contributed by atoms with Crippen LogP contribution in [0.25, 0.3) is 20.8 Å². The Morgan fingerprint density at radius 1 is 0.905 bits per heavy atom. The minimum absolute atomic E-state index is 0.593. The number of benzene rings is 2. The lowest BCUT2D eigenvalue weighted by Crippen LogP contribution is -1.94. The highest BCUT2D eigenvalue weighted by molar-refractivity contribution is 7.22. The van der Waals surface area contributed by atoms with E-state index in [2.05, 4.69) is 4.98 Å². The van der Waals surface area contributed by atoms with Crippen molar-refractivity contribution < 1.29 is 14.2 Å². The summed E-state index contributed by atoms with van der Waals surface area (Å²) in [6, 6.07) is 11.9. The molecule has 108 valence electrons. The van der Waals surface area contributed by atoms with Crippen LogP contribution in [0.4, 0.5) is 0 Å². The standard InChI is InChI=1S/C16H15NO3S/c1-18-12-9-11-15(14(20-3)13(12)19-2)21-16(17-11)10-7-5-4-6-8-10/h4-9H,1-3H3. The van der Waals surface area contributed by atoms with E-state index in [1.165, 1.54) is 0 Å². The van der Waals surface area contributed by atoms with Gasteiger partial charge in [-0.25, -0.2) is 4.98 Å². The molecule has 0 bridgehead atoms. The third-order valence-electron chi connectivity index (χ3n) is 3.21. The molecule has 0 amide bonds. The predicted octanol–water partition coefficient (Wildman–Crippen LogP) is 3.99. The number of thiazole rings is 1. The maximum atomic E-state index is 5.51.